The highest BCUT2D eigenvalue weighted by atomic mass is 35.5. The predicted molar refractivity (Wildman–Crippen MR) is 123 cm³/mol. The van der Waals surface area contributed by atoms with Gasteiger partial charge in [-0.3, -0.25) is 9.59 Å². The van der Waals surface area contributed by atoms with Crippen LogP contribution >= 0.6 is 23.2 Å². The van der Waals surface area contributed by atoms with Gasteiger partial charge in [-0.2, -0.15) is 0 Å². The predicted octanol–water partition coefficient (Wildman–Crippen LogP) is 5.42. The lowest BCUT2D eigenvalue weighted by atomic mass is 9.92. The van der Waals surface area contributed by atoms with Crippen molar-refractivity contribution >= 4 is 46.4 Å². The first-order valence-corrected chi connectivity index (χ1v) is 10.8. The fraction of sp³-hybridized carbons (Fsp3) is 0.391. The van der Waals surface area contributed by atoms with Crippen LogP contribution in [-0.2, 0) is 9.59 Å². The summed E-state index contributed by atoms with van der Waals surface area (Å²) in [6.45, 7) is 8.49. The number of nitrogens with zero attached hydrogens (tertiary/aromatic N) is 1. The molecule has 2 amide bonds. The number of carbonyl (C=O) groups is 2. The Morgan fingerprint density at radius 1 is 1.23 bits per heavy atom. The average Bonchev–Trinajstić information content (AvgIpc) is 2.77. The smallest absolute Gasteiger partial charge is 0.262 e. The third kappa shape index (κ3) is 5.63. The van der Waals surface area contributed by atoms with Crippen LogP contribution in [0.3, 0.4) is 0 Å². The van der Waals surface area contributed by atoms with Crippen LogP contribution in [-0.4, -0.2) is 31.6 Å². The van der Waals surface area contributed by atoms with Gasteiger partial charge in [0.15, 0.2) is 6.61 Å². The molecule has 1 heterocycles. The van der Waals surface area contributed by atoms with Crippen molar-refractivity contribution < 1.29 is 19.1 Å². The minimum absolute atomic E-state index is 0.0185. The van der Waals surface area contributed by atoms with Gasteiger partial charge in [0.25, 0.3) is 5.91 Å². The molecule has 31 heavy (non-hydrogen) atoms. The normalized spacial score (nSPS) is 15.2. The minimum atomic E-state index is -0.650. The first-order chi connectivity index (χ1) is 14.6. The van der Waals surface area contributed by atoms with Crippen molar-refractivity contribution in [2.45, 2.75) is 27.7 Å². The molecule has 166 valence electrons. The highest BCUT2D eigenvalue weighted by molar-refractivity contribution is 6.35. The Morgan fingerprint density at radius 3 is 2.65 bits per heavy atom. The molecular weight excluding hydrogens is 439 g/mol. The summed E-state index contributed by atoms with van der Waals surface area (Å²) in [7, 11) is 0. The molecule has 2 aromatic carbocycles. The van der Waals surface area contributed by atoms with E-state index in [4.69, 9.17) is 32.7 Å². The molecule has 0 bridgehead atoms. The zero-order valence-electron chi connectivity index (χ0n) is 18.0. The van der Waals surface area contributed by atoms with E-state index in [9.17, 15) is 9.59 Å². The van der Waals surface area contributed by atoms with E-state index in [1.54, 1.807) is 41.3 Å². The Balaban J connectivity index is 1.74. The molecular formula is C23H26Cl2N2O4. The molecule has 0 saturated heterocycles. The number of rotatable bonds is 6. The van der Waals surface area contributed by atoms with Gasteiger partial charge in [0, 0.05) is 23.3 Å². The number of benzene rings is 2. The van der Waals surface area contributed by atoms with Crippen molar-refractivity contribution in [3.63, 3.8) is 0 Å². The maximum Gasteiger partial charge on any atom is 0.262 e. The number of anilines is 2. The molecule has 0 aromatic heterocycles. The number of hydrogen-bond donors (Lipinski definition) is 1. The summed E-state index contributed by atoms with van der Waals surface area (Å²) in [6.07, 6.45) is 0. The summed E-state index contributed by atoms with van der Waals surface area (Å²) < 4.78 is 11.4. The molecule has 0 spiro atoms. The summed E-state index contributed by atoms with van der Waals surface area (Å²) in [5.74, 6) is 0.887. The number of halogens is 2. The fourth-order valence-corrected chi connectivity index (χ4v) is 3.67. The third-order valence-corrected chi connectivity index (χ3v) is 5.28. The Kier molecular flexibility index (Phi) is 7.02. The fourth-order valence-electron chi connectivity index (χ4n) is 3.20. The Bertz CT molecular complexity index is 992. The van der Waals surface area contributed by atoms with Crippen molar-refractivity contribution in [3.05, 3.63) is 46.4 Å². The zero-order chi connectivity index (χ0) is 22.8. The maximum atomic E-state index is 13.0. The molecule has 2 aromatic rings. The summed E-state index contributed by atoms with van der Waals surface area (Å²) in [6, 6.07) is 10.1. The van der Waals surface area contributed by atoms with Gasteiger partial charge >= 0.3 is 0 Å². The van der Waals surface area contributed by atoms with E-state index in [1.807, 2.05) is 13.8 Å². The maximum absolute atomic E-state index is 13.0. The second-order valence-electron chi connectivity index (χ2n) is 8.58. The van der Waals surface area contributed by atoms with Crippen LogP contribution in [0.2, 0.25) is 10.0 Å². The Hall–Kier alpha value is -2.44. The third-order valence-electron chi connectivity index (χ3n) is 4.75. The molecule has 0 aliphatic carbocycles. The van der Waals surface area contributed by atoms with E-state index in [2.05, 4.69) is 19.2 Å². The van der Waals surface area contributed by atoms with E-state index in [0.29, 0.717) is 45.4 Å². The van der Waals surface area contributed by atoms with E-state index in [-0.39, 0.29) is 25.0 Å². The van der Waals surface area contributed by atoms with Crippen LogP contribution in [0.4, 0.5) is 11.4 Å². The molecule has 8 heteroatoms. The van der Waals surface area contributed by atoms with E-state index < -0.39 is 5.41 Å². The Labute approximate surface area is 192 Å². The van der Waals surface area contributed by atoms with E-state index >= 15 is 0 Å². The highest BCUT2D eigenvalue weighted by Gasteiger charge is 2.38. The van der Waals surface area contributed by atoms with Gasteiger partial charge in [0.1, 0.15) is 18.1 Å². The van der Waals surface area contributed by atoms with Crippen LogP contribution in [0.5, 0.6) is 11.5 Å². The van der Waals surface area contributed by atoms with E-state index in [0.717, 1.165) is 0 Å². The minimum Gasteiger partial charge on any atom is -0.490 e. The summed E-state index contributed by atoms with van der Waals surface area (Å²) in [5.41, 5.74) is 0.598. The topological polar surface area (TPSA) is 67.9 Å². The lowest BCUT2D eigenvalue weighted by Crippen LogP contribution is -2.43. The first kappa shape index (κ1) is 23.2. The van der Waals surface area contributed by atoms with Crippen molar-refractivity contribution in [2.75, 3.05) is 30.0 Å². The van der Waals surface area contributed by atoms with Crippen molar-refractivity contribution in [1.82, 2.24) is 0 Å². The van der Waals surface area contributed by atoms with Crippen LogP contribution in [0.15, 0.2) is 36.4 Å². The van der Waals surface area contributed by atoms with E-state index in [1.165, 1.54) is 0 Å². The van der Waals surface area contributed by atoms with Crippen molar-refractivity contribution in [3.8, 4) is 11.5 Å². The average molecular weight is 465 g/mol. The number of hydrogen-bond acceptors (Lipinski definition) is 4. The second-order valence-corrected chi connectivity index (χ2v) is 9.42. The van der Waals surface area contributed by atoms with Crippen LogP contribution < -0.4 is 19.7 Å². The molecule has 0 unspecified atom stereocenters. The van der Waals surface area contributed by atoms with Gasteiger partial charge in [0.2, 0.25) is 5.91 Å². The molecule has 0 atom stereocenters. The second kappa shape index (κ2) is 9.37. The lowest BCUT2D eigenvalue weighted by Gasteiger charge is -2.29. The highest BCUT2D eigenvalue weighted by Crippen LogP contribution is 2.38. The molecule has 0 radical (unpaired) electrons. The number of amides is 2. The number of fused-ring (bicyclic) bond motifs is 1. The van der Waals surface area contributed by atoms with Crippen LogP contribution in [0.25, 0.3) is 0 Å². The summed E-state index contributed by atoms with van der Waals surface area (Å²) in [5, 5.41) is 3.60. The SMILES string of the molecule is CC(C)CN1C(=O)C(C)(C)COc2cc(NC(=O)COc3ccc(Cl)cc3Cl)ccc21. The monoisotopic (exact) mass is 464 g/mol. The quantitative estimate of drug-likeness (QED) is 0.619. The lowest BCUT2D eigenvalue weighted by molar-refractivity contribution is -0.127. The van der Waals surface area contributed by atoms with Gasteiger partial charge in [-0.25, -0.2) is 0 Å². The van der Waals surface area contributed by atoms with Gasteiger partial charge < -0.3 is 19.7 Å². The van der Waals surface area contributed by atoms with Gasteiger partial charge in [-0.15, -0.1) is 0 Å². The summed E-state index contributed by atoms with van der Waals surface area (Å²) in [4.78, 5) is 27.2. The number of carbonyl (C=O) groups excluding carboxylic acids is 2. The van der Waals surface area contributed by atoms with Crippen LogP contribution in [0, 0.1) is 11.3 Å². The molecule has 3 rings (SSSR count). The van der Waals surface area contributed by atoms with Crippen molar-refractivity contribution in [2.24, 2.45) is 11.3 Å². The Morgan fingerprint density at radius 2 is 1.97 bits per heavy atom. The first-order valence-electron chi connectivity index (χ1n) is 10.0. The largest absolute Gasteiger partial charge is 0.490 e. The molecule has 1 aliphatic heterocycles. The number of nitrogens with one attached hydrogen (secondary N) is 1. The van der Waals surface area contributed by atoms with Crippen molar-refractivity contribution in [1.29, 1.82) is 0 Å². The van der Waals surface area contributed by atoms with Crippen LogP contribution in [0.1, 0.15) is 27.7 Å². The van der Waals surface area contributed by atoms with Gasteiger partial charge in [-0.1, -0.05) is 37.0 Å². The zero-order valence-corrected chi connectivity index (χ0v) is 19.5. The molecule has 0 saturated carbocycles. The summed E-state index contributed by atoms with van der Waals surface area (Å²) >= 11 is 11.9. The standard InChI is InChI=1S/C23H26Cl2N2O4/c1-14(2)11-27-18-7-6-16(10-20(18)31-13-23(3,4)22(27)29)26-21(28)12-30-19-8-5-15(24)9-17(19)25/h5-10,14H,11-13H2,1-4H3,(H,26,28). The molecule has 1 N–H and O–H groups in total. The molecule has 6 nitrogen and oxygen atoms in total. The van der Waals surface area contributed by atoms with Gasteiger partial charge in [-0.05, 0) is 50.1 Å². The number of ether oxygens (including phenoxy) is 2. The van der Waals surface area contributed by atoms with Gasteiger partial charge in [0.05, 0.1) is 16.1 Å². The molecule has 0 fully saturated rings. The molecule has 1 aliphatic rings.